The predicted molar refractivity (Wildman–Crippen MR) is 91.9 cm³/mol. The highest BCUT2D eigenvalue weighted by Gasteiger charge is 2.12. The van der Waals surface area contributed by atoms with Crippen molar-refractivity contribution in [1.29, 1.82) is 0 Å². The lowest BCUT2D eigenvalue weighted by atomic mass is 10.0. The number of hydrogen-bond donors (Lipinski definition) is 2. The Morgan fingerprint density at radius 1 is 1.36 bits per heavy atom. The first kappa shape index (κ1) is 17.1. The van der Waals surface area contributed by atoms with Crippen LogP contribution in [0.5, 0.6) is 5.75 Å². The highest BCUT2D eigenvalue weighted by atomic mass is 16.5. The molecular formula is C18H30N2O2. The van der Waals surface area contributed by atoms with E-state index in [9.17, 15) is 0 Å². The smallest absolute Gasteiger partial charge is 0.142 e. The van der Waals surface area contributed by atoms with Gasteiger partial charge in [0.25, 0.3) is 0 Å². The fourth-order valence-electron chi connectivity index (χ4n) is 2.66. The van der Waals surface area contributed by atoms with Crippen molar-refractivity contribution in [2.45, 2.75) is 52.2 Å². The van der Waals surface area contributed by atoms with E-state index in [0.717, 1.165) is 57.0 Å². The van der Waals surface area contributed by atoms with E-state index in [1.165, 1.54) is 5.56 Å². The molecule has 1 aromatic carbocycles. The van der Waals surface area contributed by atoms with Gasteiger partial charge in [-0.05, 0) is 57.4 Å². The van der Waals surface area contributed by atoms with E-state index in [1.807, 2.05) is 0 Å². The molecule has 2 rings (SSSR count). The van der Waals surface area contributed by atoms with E-state index in [1.54, 1.807) is 0 Å². The number of hydrogen-bond acceptors (Lipinski definition) is 4. The summed E-state index contributed by atoms with van der Waals surface area (Å²) in [5.74, 6) is 0.974. The maximum absolute atomic E-state index is 5.63. The summed E-state index contributed by atoms with van der Waals surface area (Å²) in [5, 5.41) is 7.04. The fourth-order valence-corrected chi connectivity index (χ4v) is 2.66. The van der Waals surface area contributed by atoms with Gasteiger partial charge in [0.05, 0.1) is 11.8 Å². The fraction of sp³-hybridized carbons (Fsp3) is 0.667. The molecule has 0 saturated carbocycles. The zero-order valence-corrected chi connectivity index (χ0v) is 14.2. The SMILES string of the molecule is CCC(Cc1ccc2c(c1)NCCO2)NCCCOC(C)C. The van der Waals surface area contributed by atoms with Crippen molar-refractivity contribution in [1.82, 2.24) is 5.32 Å². The summed E-state index contributed by atoms with van der Waals surface area (Å²) in [5.41, 5.74) is 2.48. The number of fused-ring (bicyclic) bond motifs is 1. The molecule has 0 aromatic heterocycles. The molecule has 1 aromatic rings. The van der Waals surface area contributed by atoms with E-state index in [2.05, 4.69) is 49.6 Å². The first-order valence-corrected chi connectivity index (χ1v) is 8.53. The van der Waals surface area contributed by atoms with Gasteiger partial charge in [0.15, 0.2) is 0 Å². The molecule has 22 heavy (non-hydrogen) atoms. The lowest BCUT2D eigenvalue weighted by Gasteiger charge is -2.21. The summed E-state index contributed by atoms with van der Waals surface area (Å²) in [7, 11) is 0. The molecule has 1 unspecified atom stereocenters. The first-order valence-electron chi connectivity index (χ1n) is 8.53. The average molecular weight is 306 g/mol. The van der Waals surface area contributed by atoms with Crippen molar-refractivity contribution in [2.24, 2.45) is 0 Å². The van der Waals surface area contributed by atoms with Crippen LogP contribution in [0.1, 0.15) is 39.2 Å². The Morgan fingerprint density at radius 2 is 2.23 bits per heavy atom. The molecule has 1 aliphatic rings. The van der Waals surface area contributed by atoms with Gasteiger partial charge in [-0.25, -0.2) is 0 Å². The minimum atomic E-state index is 0.326. The van der Waals surface area contributed by atoms with Crippen molar-refractivity contribution in [3.63, 3.8) is 0 Å². The Labute approximate surface area is 134 Å². The second-order valence-electron chi connectivity index (χ2n) is 6.14. The van der Waals surface area contributed by atoms with Gasteiger partial charge in [-0.2, -0.15) is 0 Å². The zero-order chi connectivity index (χ0) is 15.8. The van der Waals surface area contributed by atoms with Crippen LogP contribution in [0.3, 0.4) is 0 Å². The molecule has 0 radical (unpaired) electrons. The van der Waals surface area contributed by atoms with Crippen LogP contribution in [0.2, 0.25) is 0 Å². The van der Waals surface area contributed by atoms with Crippen LogP contribution >= 0.6 is 0 Å². The minimum absolute atomic E-state index is 0.326. The number of ether oxygens (including phenoxy) is 2. The van der Waals surface area contributed by atoms with E-state index in [0.29, 0.717) is 12.1 Å². The summed E-state index contributed by atoms with van der Waals surface area (Å²) in [6.07, 6.45) is 3.57. The van der Waals surface area contributed by atoms with Gasteiger partial charge >= 0.3 is 0 Å². The van der Waals surface area contributed by atoms with Gasteiger partial charge in [-0.15, -0.1) is 0 Å². The molecule has 0 bridgehead atoms. The van der Waals surface area contributed by atoms with Crippen LogP contribution < -0.4 is 15.4 Å². The van der Waals surface area contributed by atoms with Crippen molar-refractivity contribution in [3.05, 3.63) is 23.8 Å². The van der Waals surface area contributed by atoms with Crippen molar-refractivity contribution >= 4 is 5.69 Å². The van der Waals surface area contributed by atoms with Gasteiger partial charge in [0.2, 0.25) is 0 Å². The Hall–Kier alpha value is -1.26. The van der Waals surface area contributed by atoms with Crippen molar-refractivity contribution in [3.8, 4) is 5.75 Å². The Morgan fingerprint density at radius 3 is 3.00 bits per heavy atom. The average Bonchev–Trinajstić information content (AvgIpc) is 2.53. The van der Waals surface area contributed by atoms with Gasteiger partial charge < -0.3 is 20.1 Å². The van der Waals surface area contributed by atoms with Crippen LogP contribution in [0.15, 0.2) is 18.2 Å². The zero-order valence-electron chi connectivity index (χ0n) is 14.2. The van der Waals surface area contributed by atoms with E-state index >= 15 is 0 Å². The van der Waals surface area contributed by atoms with E-state index < -0.39 is 0 Å². The highest BCUT2D eigenvalue weighted by Crippen LogP contribution is 2.28. The van der Waals surface area contributed by atoms with Gasteiger partial charge in [-0.1, -0.05) is 13.0 Å². The lowest BCUT2D eigenvalue weighted by molar-refractivity contribution is 0.0767. The van der Waals surface area contributed by atoms with Crippen LogP contribution in [0, 0.1) is 0 Å². The third kappa shape index (κ3) is 5.50. The number of nitrogens with one attached hydrogen (secondary N) is 2. The van der Waals surface area contributed by atoms with Gasteiger partial charge in [-0.3, -0.25) is 0 Å². The largest absolute Gasteiger partial charge is 0.490 e. The molecule has 1 aliphatic heterocycles. The normalized spacial score (nSPS) is 15.1. The summed E-state index contributed by atoms with van der Waals surface area (Å²) < 4.78 is 11.2. The summed E-state index contributed by atoms with van der Waals surface area (Å²) >= 11 is 0. The molecule has 124 valence electrons. The third-order valence-electron chi connectivity index (χ3n) is 3.90. The maximum atomic E-state index is 5.63. The first-order chi connectivity index (χ1) is 10.7. The van der Waals surface area contributed by atoms with Gasteiger partial charge in [0.1, 0.15) is 12.4 Å². The quantitative estimate of drug-likeness (QED) is 0.688. The predicted octanol–water partition coefficient (Wildman–Crippen LogP) is 3.22. The van der Waals surface area contributed by atoms with Gasteiger partial charge in [0, 0.05) is 19.2 Å². The van der Waals surface area contributed by atoms with Crippen LogP contribution in [-0.4, -0.2) is 38.4 Å². The highest BCUT2D eigenvalue weighted by molar-refractivity contribution is 5.59. The third-order valence-corrected chi connectivity index (χ3v) is 3.90. The molecule has 1 atom stereocenters. The molecule has 0 amide bonds. The monoisotopic (exact) mass is 306 g/mol. The van der Waals surface area contributed by atoms with Crippen molar-refractivity contribution < 1.29 is 9.47 Å². The second kappa shape index (κ2) is 9.01. The Balaban J connectivity index is 1.77. The van der Waals surface area contributed by atoms with Crippen LogP contribution in [0.4, 0.5) is 5.69 Å². The molecule has 0 spiro atoms. The topological polar surface area (TPSA) is 42.5 Å². The number of rotatable bonds is 9. The van der Waals surface area contributed by atoms with Crippen LogP contribution in [0.25, 0.3) is 0 Å². The molecule has 0 aliphatic carbocycles. The summed E-state index contributed by atoms with van der Waals surface area (Å²) in [6, 6.07) is 7.00. The molecule has 4 nitrogen and oxygen atoms in total. The lowest BCUT2D eigenvalue weighted by Crippen LogP contribution is -2.32. The molecular weight excluding hydrogens is 276 g/mol. The van der Waals surface area contributed by atoms with Crippen molar-refractivity contribution in [2.75, 3.05) is 31.6 Å². The Kier molecular flexibility index (Phi) is 7.00. The van der Waals surface area contributed by atoms with Crippen LogP contribution in [-0.2, 0) is 11.2 Å². The standard InChI is InChI=1S/C18H30N2O2/c1-4-16(19-8-5-10-21-14(2)3)12-15-6-7-18-17(13-15)20-9-11-22-18/h6-7,13-14,16,19-20H,4-5,8-12H2,1-3H3. The molecule has 0 saturated heterocycles. The summed E-state index contributed by atoms with van der Waals surface area (Å²) in [6.45, 7) is 9.89. The van der Waals surface area contributed by atoms with E-state index in [-0.39, 0.29) is 0 Å². The Bertz CT molecular complexity index is 449. The molecule has 4 heteroatoms. The number of anilines is 1. The molecule has 2 N–H and O–H groups in total. The maximum Gasteiger partial charge on any atom is 0.142 e. The van der Waals surface area contributed by atoms with E-state index in [4.69, 9.17) is 9.47 Å². The minimum Gasteiger partial charge on any atom is -0.490 e. The number of benzene rings is 1. The molecule has 1 heterocycles. The summed E-state index contributed by atoms with van der Waals surface area (Å²) in [4.78, 5) is 0. The second-order valence-corrected chi connectivity index (χ2v) is 6.14. The molecule has 0 fully saturated rings.